The standard InChI is InChI=1S/C12H21N3O3S2/c1-9-10(19-11(16)13-9)20(17,18)15(4)8-12(14(2)3)6-5-7-12/h5-8H2,1-4H3,(H,13,16). The first-order valence-electron chi connectivity index (χ1n) is 6.52. The van der Waals surface area contributed by atoms with Crippen molar-refractivity contribution in [2.75, 3.05) is 27.7 Å². The molecule has 0 radical (unpaired) electrons. The molecule has 1 N–H and O–H groups in total. The van der Waals surface area contributed by atoms with Crippen LogP contribution in [-0.4, -0.2) is 55.8 Å². The summed E-state index contributed by atoms with van der Waals surface area (Å²) in [6.07, 6.45) is 3.13. The largest absolute Gasteiger partial charge is 0.315 e. The normalized spacial score (nSPS) is 18.5. The van der Waals surface area contributed by atoms with Gasteiger partial charge in [-0.3, -0.25) is 4.79 Å². The molecule has 0 atom stereocenters. The number of likely N-dealkylation sites (N-methyl/N-ethyl adjacent to an activating group) is 2. The molecular weight excluding hydrogens is 298 g/mol. The fraction of sp³-hybridized carbons (Fsp3) is 0.750. The van der Waals surface area contributed by atoms with Crippen LogP contribution in [0, 0.1) is 6.92 Å². The zero-order chi connectivity index (χ0) is 15.1. The lowest BCUT2D eigenvalue weighted by Gasteiger charge is -2.48. The van der Waals surface area contributed by atoms with E-state index in [9.17, 15) is 13.2 Å². The van der Waals surface area contributed by atoms with Crippen molar-refractivity contribution in [1.82, 2.24) is 14.2 Å². The number of H-pyrrole nitrogens is 1. The summed E-state index contributed by atoms with van der Waals surface area (Å²) in [5.74, 6) is 0. The van der Waals surface area contributed by atoms with Crippen molar-refractivity contribution in [2.24, 2.45) is 0 Å². The molecular formula is C12H21N3O3S2. The second-order valence-corrected chi connectivity index (χ2v) is 8.88. The SMILES string of the molecule is Cc1[nH]c(=O)sc1S(=O)(=O)N(C)CC1(N(C)C)CCC1. The molecule has 0 saturated heterocycles. The fourth-order valence-electron chi connectivity index (χ4n) is 2.61. The molecule has 2 rings (SSSR count). The Morgan fingerprint density at radius 1 is 1.30 bits per heavy atom. The van der Waals surface area contributed by atoms with E-state index < -0.39 is 10.0 Å². The molecule has 1 heterocycles. The van der Waals surface area contributed by atoms with Gasteiger partial charge in [0.15, 0.2) is 4.21 Å². The van der Waals surface area contributed by atoms with Crippen molar-refractivity contribution in [3.8, 4) is 0 Å². The third-order valence-electron chi connectivity index (χ3n) is 4.18. The summed E-state index contributed by atoms with van der Waals surface area (Å²) in [5.41, 5.74) is 0.344. The minimum Gasteiger partial charge on any atom is -0.315 e. The van der Waals surface area contributed by atoms with Crippen molar-refractivity contribution < 1.29 is 8.42 Å². The Bertz CT molecular complexity index is 641. The number of hydrogen-bond donors (Lipinski definition) is 1. The highest BCUT2D eigenvalue weighted by Gasteiger charge is 2.42. The lowest BCUT2D eigenvalue weighted by molar-refractivity contribution is 0.0455. The van der Waals surface area contributed by atoms with Crippen molar-refractivity contribution in [3.05, 3.63) is 15.4 Å². The van der Waals surface area contributed by atoms with E-state index in [0.717, 1.165) is 30.6 Å². The number of nitrogens with zero attached hydrogens (tertiary/aromatic N) is 2. The van der Waals surface area contributed by atoms with Crippen molar-refractivity contribution >= 4 is 21.4 Å². The van der Waals surface area contributed by atoms with Gasteiger partial charge in [-0.15, -0.1) is 0 Å². The van der Waals surface area contributed by atoms with Gasteiger partial charge < -0.3 is 9.88 Å². The van der Waals surface area contributed by atoms with Crippen LogP contribution in [0.3, 0.4) is 0 Å². The number of thiazole rings is 1. The number of hydrogen-bond acceptors (Lipinski definition) is 5. The molecule has 1 aliphatic carbocycles. The summed E-state index contributed by atoms with van der Waals surface area (Å²) in [4.78, 5) is 15.6. The van der Waals surface area contributed by atoms with Gasteiger partial charge in [0.05, 0.1) is 0 Å². The topological polar surface area (TPSA) is 73.5 Å². The quantitative estimate of drug-likeness (QED) is 0.873. The molecule has 1 saturated carbocycles. The van der Waals surface area contributed by atoms with Gasteiger partial charge in [0, 0.05) is 24.8 Å². The van der Waals surface area contributed by atoms with E-state index in [4.69, 9.17) is 0 Å². The summed E-state index contributed by atoms with van der Waals surface area (Å²) >= 11 is 0.755. The van der Waals surface area contributed by atoms with Crippen LogP contribution >= 0.6 is 11.3 Å². The molecule has 1 aromatic rings. The van der Waals surface area contributed by atoms with Gasteiger partial charge in [-0.2, -0.15) is 4.31 Å². The van der Waals surface area contributed by atoms with E-state index >= 15 is 0 Å². The average molecular weight is 319 g/mol. The second-order valence-electron chi connectivity index (χ2n) is 5.66. The van der Waals surface area contributed by atoms with E-state index in [2.05, 4.69) is 9.88 Å². The molecule has 6 nitrogen and oxygen atoms in total. The number of rotatable bonds is 5. The van der Waals surface area contributed by atoms with Gasteiger partial charge in [-0.25, -0.2) is 8.42 Å². The predicted molar refractivity (Wildman–Crippen MR) is 79.8 cm³/mol. The number of aromatic nitrogens is 1. The summed E-state index contributed by atoms with van der Waals surface area (Å²) in [7, 11) is 1.96. The Labute approximate surface area is 123 Å². The van der Waals surface area contributed by atoms with Gasteiger partial charge in [0.25, 0.3) is 10.0 Å². The Kier molecular flexibility index (Phi) is 4.12. The highest BCUT2D eigenvalue weighted by atomic mass is 32.2. The van der Waals surface area contributed by atoms with Gasteiger partial charge in [0.1, 0.15) is 0 Å². The molecule has 0 aliphatic heterocycles. The number of sulfonamides is 1. The molecule has 0 bridgehead atoms. The third kappa shape index (κ3) is 2.57. The van der Waals surface area contributed by atoms with Gasteiger partial charge in [-0.05, 0) is 40.3 Å². The van der Waals surface area contributed by atoms with Crippen LogP contribution in [0.5, 0.6) is 0 Å². The van der Waals surface area contributed by atoms with Crippen molar-refractivity contribution in [1.29, 1.82) is 0 Å². The van der Waals surface area contributed by atoms with Gasteiger partial charge >= 0.3 is 4.87 Å². The van der Waals surface area contributed by atoms with E-state index in [-0.39, 0.29) is 14.6 Å². The molecule has 1 aromatic heterocycles. The fourth-order valence-corrected chi connectivity index (χ4v) is 5.35. The van der Waals surface area contributed by atoms with Crippen molar-refractivity contribution in [2.45, 2.75) is 35.9 Å². The molecule has 0 unspecified atom stereocenters. The van der Waals surface area contributed by atoms with E-state index in [1.807, 2.05) is 14.1 Å². The first-order chi connectivity index (χ1) is 9.19. The van der Waals surface area contributed by atoms with Crippen LogP contribution in [0.2, 0.25) is 0 Å². The lowest BCUT2D eigenvalue weighted by atomic mass is 9.75. The average Bonchev–Trinajstić information content (AvgIpc) is 2.62. The van der Waals surface area contributed by atoms with Crippen LogP contribution in [0.25, 0.3) is 0 Å². The molecule has 20 heavy (non-hydrogen) atoms. The lowest BCUT2D eigenvalue weighted by Crippen LogP contribution is -2.57. The molecule has 0 amide bonds. The molecule has 1 aliphatic rings. The zero-order valence-corrected chi connectivity index (χ0v) is 13.9. The number of aryl methyl sites for hydroxylation is 1. The minimum absolute atomic E-state index is 0.0724. The smallest absolute Gasteiger partial charge is 0.305 e. The molecule has 8 heteroatoms. The van der Waals surface area contributed by atoms with Crippen LogP contribution in [0.15, 0.2) is 9.00 Å². The first-order valence-corrected chi connectivity index (χ1v) is 8.78. The monoisotopic (exact) mass is 319 g/mol. The first kappa shape index (κ1) is 15.7. The Hall–Kier alpha value is -0.700. The summed E-state index contributed by atoms with van der Waals surface area (Å²) < 4.78 is 26.6. The third-order valence-corrected chi connectivity index (χ3v) is 7.56. The van der Waals surface area contributed by atoms with Crippen LogP contribution < -0.4 is 4.87 Å². The minimum atomic E-state index is -3.60. The Morgan fingerprint density at radius 3 is 2.25 bits per heavy atom. The second kappa shape index (κ2) is 5.25. The Morgan fingerprint density at radius 2 is 1.90 bits per heavy atom. The van der Waals surface area contributed by atoms with Crippen LogP contribution in [0.1, 0.15) is 25.0 Å². The molecule has 114 valence electrons. The molecule has 1 fully saturated rings. The van der Waals surface area contributed by atoms with Gasteiger partial charge in [0.2, 0.25) is 0 Å². The number of nitrogens with one attached hydrogen (secondary N) is 1. The van der Waals surface area contributed by atoms with Crippen LogP contribution in [-0.2, 0) is 10.0 Å². The van der Waals surface area contributed by atoms with E-state index in [1.165, 1.54) is 4.31 Å². The maximum Gasteiger partial charge on any atom is 0.305 e. The maximum absolute atomic E-state index is 12.6. The van der Waals surface area contributed by atoms with Crippen molar-refractivity contribution in [3.63, 3.8) is 0 Å². The molecule has 0 spiro atoms. The molecule has 0 aromatic carbocycles. The Balaban J connectivity index is 2.26. The van der Waals surface area contributed by atoms with E-state index in [0.29, 0.717) is 12.2 Å². The van der Waals surface area contributed by atoms with Crippen LogP contribution in [0.4, 0.5) is 0 Å². The summed E-state index contributed by atoms with van der Waals surface area (Å²) in [6, 6.07) is 0. The summed E-state index contributed by atoms with van der Waals surface area (Å²) in [6.45, 7) is 2.07. The predicted octanol–water partition coefficient (Wildman–Crippen LogP) is 0.850. The van der Waals surface area contributed by atoms with Gasteiger partial charge in [-0.1, -0.05) is 11.3 Å². The number of aromatic amines is 1. The zero-order valence-electron chi connectivity index (χ0n) is 12.3. The summed E-state index contributed by atoms with van der Waals surface area (Å²) in [5, 5.41) is 0. The van der Waals surface area contributed by atoms with E-state index in [1.54, 1.807) is 14.0 Å². The maximum atomic E-state index is 12.6. The highest BCUT2D eigenvalue weighted by molar-refractivity contribution is 7.91. The highest BCUT2D eigenvalue weighted by Crippen LogP contribution is 2.37.